The molecule has 0 fully saturated rings. The van der Waals surface area contributed by atoms with Crippen LogP contribution in [-0.2, 0) is 0 Å². The highest BCUT2D eigenvalue weighted by atomic mass is 19.1. The van der Waals surface area contributed by atoms with E-state index in [1.165, 1.54) is 6.07 Å². The van der Waals surface area contributed by atoms with Crippen LogP contribution in [0.1, 0.15) is 44.6 Å². The summed E-state index contributed by atoms with van der Waals surface area (Å²) < 4.78 is 18.7. The number of benzene rings is 1. The smallest absolute Gasteiger partial charge is 0.231 e. The molecular weight excluding hydrogens is 269 g/mol. The van der Waals surface area contributed by atoms with Crippen LogP contribution < -0.4 is 5.32 Å². The third kappa shape index (κ3) is 3.47. The second kappa shape index (κ2) is 6.80. The number of nitrogens with one attached hydrogen (secondary N) is 1. The largest absolute Gasteiger partial charge is 0.339 e. The van der Waals surface area contributed by atoms with Gasteiger partial charge in [-0.25, -0.2) is 4.39 Å². The molecule has 0 radical (unpaired) electrons. The highest BCUT2D eigenvalue weighted by molar-refractivity contribution is 5.55. The van der Waals surface area contributed by atoms with Crippen molar-refractivity contribution in [1.82, 2.24) is 15.5 Å². The minimum absolute atomic E-state index is 0.174. The highest BCUT2D eigenvalue weighted by Gasteiger charge is 2.23. The Morgan fingerprint density at radius 1 is 1.33 bits per heavy atom. The summed E-state index contributed by atoms with van der Waals surface area (Å²) in [5, 5.41) is 7.42. The van der Waals surface area contributed by atoms with Crippen LogP contribution in [0.4, 0.5) is 4.39 Å². The number of halogens is 1. The van der Waals surface area contributed by atoms with Crippen LogP contribution in [0.3, 0.4) is 0 Å². The van der Waals surface area contributed by atoms with Crippen molar-refractivity contribution in [1.29, 1.82) is 0 Å². The maximum Gasteiger partial charge on any atom is 0.231 e. The lowest BCUT2D eigenvalue weighted by Gasteiger charge is -2.19. The molecule has 1 aromatic carbocycles. The Labute approximate surface area is 124 Å². The lowest BCUT2D eigenvalue weighted by atomic mass is 9.98. The minimum atomic E-state index is -0.227. The monoisotopic (exact) mass is 291 g/mol. The first-order chi connectivity index (χ1) is 10.1. The molecule has 21 heavy (non-hydrogen) atoms. The molecule has 4 nitrogen and oxygen atoms in total. The number of aromatic nitrogens is 2. The molecule has 0 bridgehead atoms. The summed E-state index contributed by atoms with van der Waals surface area (Å²) in [4.78, 5) is 4.49. The van der Waals surface area contributed by atoms with E-state index >= 15 is 0 Å². The van der Waals surface area contributed by atoms with E-state index in [9.17, 15) is 4.39 Å². The SMILES string of the molecule is CCNC(C)C(CC)c1nc(-c2ccc(F)c(C)c2)no1. The molecule has 0 amide bonds. The van der Waals surface area contributed by atoms with Gasteiger partial charge < -0.3 is 9.84 Å². The first-order valence-electron chi connectivity index (χ1n) is 7.40. The molecule has 2 rings (SSSR count). The number of rotatable bonds is 6. The molecule has 0 saturated carbocycles. The maximum atomic E-state index is 13.3. The second-order valence-electron chi connectivity index (χ2n) is 5.28. The van der Waals surface area contributed by atoms with Gasteiger partial charge in [0, 0.05) is 11.6 Å². The summed E-state index contributed by atoms with van der Waals surface area (Å²) >= 11 is 0. The van der Waals surface area contributed by atoms with Crippen molar-refractivity contribution < 1.29 is 8.91 Å². The summed E-state index contributed by atoms with van der Waals surface area (Å²) in [6, 6.07) is 5.10. The number of aryl methyl sites for hydroxylation is 1. The number of likely N-dealkylation sites (N-methyl/N-ethyl adjacent to an activating group) is 1. The zero-order chi connectivity index (χ0) is 15.4. The Balaban J connectivity index is 2.25. The van der Waals surface area contributed by atoms with Gasteiger partial charge in [0.05, 0.1) is 5.92 Å². The fraction of sp³-hybridized carbons (Fsp3) is 0.500. The standard InChI is InChI=1S/C16H22FN3O/c1-5-13(11(4)18-6-2)16-19-15(20-21-16)12-7-8-14(17)10(3)9-12/h7-9,11,13,18H,5-6H2,1-4H3. The van der Waals surface area contributed by atoms with Gasteiger partial charge in [0.15, 0.2) is 0 Å². The van der Waals surface area contributed by atoms with E-state index in [0.29, 0.717) is 17.3 Å². The molecule has 0 aliphatic carbocycles. The number of nitrogens with zero attached hydrogens (tertiary/aromatic N) is 2. The van der Waals surface area contributed by atoms with Gasteiger partial charge in [-0.3, -0.25) is 0 Å². The average Bonchev–Trinajstić information content (AvgIpc) is 2.92. The molecule has 1 N–H and O–H groups in total. The highest BCUT2D eigenvalue weighted by Crippen LogP contribution is 2.25. The molecule has 0 aliphatic rings. The quantitative estimate of drug-likeness (QED) is 0.882. The van der Waals surface area contributed by atoms with Crippen LogP contribution >= 0.6 is 0 Å². The summed E-state index contributed by atoms with van der Waals surface area (Å²) in [7, 11) is 0. The van der Waals surface area contributed by atoms with E-state index < -0.39 is 0 Å². The first kappa shape index (κ1) is 15.6. The van der Waals surface area contributed by atoms with Crippen LogP contribution in [0.25, 0.3) is 11.4 Å². The van der Waals surface area contributed by atoms with Crippen LogP contribution in [0.2, 0.25) is 0 Å². The van der Waals surface area contributed by atoms with Crippen LogP contribution in [-0.4, -0.2) is 22.7 Å². The molecule has 114 valence electrons. The molecule has 1 heterocycles. The molecule has 0 saturated heterocycles. The van der Waals surface area contributed by atoms with E-state index in [1.807, 2.05) is 0 Å². The van der Waals surface area contributed by atoms with Gasteiger partial charge in [0.1, 0.15) is 5.82 Å². The van der Waals surface area contributed by atoms with E-state index in [1.54, 1.807) is 19.1 Å². The molecule has 1 aromatic heterocycles. The van der Waals surface area contributed by atoms with Gasteiger partial charge in [-0.2, -0.15) is 4.98 Å². The predicted molar refractivity (Wildman–Crippen MR) is 80.6 cm³/mol. The van der Waals surface area contributed by atoms with Gasteiger partial charge in [-0.15, -0.1) is 0 Å². The predicted octanol–water partition coefficient (Wildman–Crippen LogP) is 3.68. The second-order valence-corrected chi connectivity index (χ2v) is 5.28. The van der Waals surface area contributed by atoms with E-state index in [-0.39, 0.29) is 17.8 Å². The summed E-state index contributed by atoms with van der Waals surface area (Å²) in [5.74, 6) is 1.08. The lowest BCUT2D eigenvalue weighted by Crippen LogP contribution is -2.31. The minimum Gasteiger partial charge on any atom is -0.339 e. The molecule has 2 atom stereocenters. The Bertz CT molecular complexity index is 597. The molecule has 0 spiro atoms. The molecule has 2 aromatic rings. The lowest BCUT2D eigenvalue weighted by molar-refractivity contribution is 0.318. The van der Waals surface area contributed by atoms with Crippen molar-refractivity contribution >= 4 is 0 Å². The van der Waals surface area contributed by atoms with E-state index in [4.69, 9.17) is 4.52 Å². The first-order valence-corrected chi connectivity index (χ1v) is 7.40. The van der Waals surface area contributed by atoms with E-state index in [2.05, 4.69) is 36.2 Å². The molecular formula is C16H22FN3O. The maximum absolute atomic E-state index is 13.3. The van der Waals surface area contributed by atoms with Crippen LogP contribution in [0.5, 0.6) is 0 Å². The third-order valence-electron chi connectivity index (χ3n) is 3.74. The van der Waals surface area contributed by atoms with Gasteiger partial charge in [-0.05, 0) is 50.6 Å². The molecule has 5 heteroatoms. The Kier molecular flexibility index (Phi) is 5.07. The van der Waals surface area contributed by atoms with Crippen molar-refractivity contribution in [3.63, 3.8) is 0 Å². The number of hydrogen-bond donors (Lipinski definition) is 1. The van der Waals surface area contributed by atoms with Crippen molar-refractivity contribution in [3.8, 4) is 11.4 Å². The van der Waals surface area contributed by atoms with Crippen LogP contribution in [0.15, 0.2) is 22.7 Å². The Morgan fingerprint density at radius 2 is 2.10 bits per heavy atom. The Hall–Kier alpha value is -1.75. The normalized spacial score (nSPS) is 14.1. The fourth-order valence-corrected chi connectivity index (χ4v) is 2.49. The number of hydrogen-bond acceptors (Lipinski definition) is 4. The van der Waals surface area contributed by atoms with Crippen molar-refractivity contribution in [2.75, 3.05) is 6.54 Å². The average molecular weight is 291 g/mol. The zero-order valence-electron chi connectivity index (χ0n) is 13.0. The summed E-state index contributed by atoms with van der Waals surface area (Å²) in [5.41, 5.74) is 1.35. The van der Waals surface area contributed by atoms with Gasteiger partial charge in [0.2, 0.25) is 11.7 Å². The third-order valence-corrected chi connectivity index (χ3v) is 3.74. The van der Waals surface area contributed by atoms with Crippen molar-refractivity contribution in [3.05, 3.63) is 35.5 Å². The van der Waals surface area contributed by atoms with Gasteiger partial charge in [0.25, 0.3) is 0 Å². The fourth-order valence-electron chi connectivity index (χ4n) is 2.49. The molecule has 0 aliphatic heterocycles. The van der Waals surface area contributed by atoms with Crippen LogP contribution in [0, 0.1) is 12.7 Å². The van der Waals surface area contributed by atoms with Crippen molar-refractivity contribution in [2.45, 2.75) is 46.1 Å². The van der Waals surface area contributed by atoms with Gasteiger partial charge in [-0.1, -0.05) is 19.0 Å². The summed E-state index contributed by atoms with van der Waals surface area (Å²) in [6.07, 6.45) is 0.915. The van der Waals surface area contributed by atoms with Crippen molar-refractivity contribution in [2.24, 2.45) is 0 Å². The Morgan fingerprint density at radius 3 is 2.71 bits per heavy atom. The zero-order valence-corrected chi connectivity index (χ0v) is 13.0. The van der Waals surface area contributed by atoms with E-state index in [0.717, 1.165) is 18.5 Å². The summed E-state index contributed by atoms with van der Waals surface area (Å²) in [6.45, 7) is 8.91. The topological polar surface area (TPSA) is 51.0 Å². The van der Waals surface area contributed by atoms with Gasteiger partial charge >= 0.3 is 0 Å². The molecule has 2 unspecified atom stereocenters.